The van der Waals surface area contributed by atoms with E-state index >= 15 is 0 Å². The summed E-state index contributed by atoms with van der Waals surface area (Å²) in [6.07, 6.45) is 0. The summed E-state index contributed by atoms with van der Waals surface area (Å²) in [6.45, 7) is 3.21. The summed E-state index contributed by atoms with van der Waals surface area (Å²) in [5.74, 6) is -0.0259. The van der Waals surface area contributed by atoms with Gasteiger partial charge in [0.25, 0.3) is 5.56 Å². The van der Waals surface area contributed by atoms with Crippen LogP contribution in [0.1, 0.15) is 16.8 Å². The van der Waals surface area contributed by atoms with Crippen molar-refractivity contribution in [1.82, 2.24) is 9.55 Å². The molecule has 0 radical (unpaired) electrons. The number of hydrogen-bond donors (Lipinski definition) is 1. The number of halogens is 1. The topological polar surface area (TPSA) is 87.8 Å². The maximum absolute atomic E-state index is 12.8. The van der Waals surface area contributed by atoms with E-state index in [-0.39, 0.29) is 12.1 Å². The molecule has 1 aromatic heterocycles. The van der Waals surface area contributed by atoms with Crippen LogP contribution in [0.4, 0.5) is 5.69 Å². The monoisotopic (exact) mass is 392 g/mol. The summed E-state index contributed by atoms with van der Waals surface area (Å²) in [6, 6.07) is 15.6. The van der Waals surface area contributed by atoms with Gasteiger partial charge in [-0.1, -0.05) is 29.8 Å². The number of nitrogens with zero attached hydrogens (tertiary/aromatic N) is 3. The van der Waals surface area contributed by atoms with Crippen LogP contribution in [0.3, 0.4) is 0 Å². The Labute approximate surface area is 167 Å². The molecule has 1 amide bonds. The van der Waals surface area contributed by atoms with E-state index in [9.17, 15) is 9.59 Å². The lowest BCUT2D eigenvalue weighted by atomic mass is 10.1. The third kappa shape index (κ3) is 4.11. The van der Waals surface area contributed by atoms with Gasteiger partial charge in [-0.25, -0.2) is 4.98 Å². The molecule has 3 rings (SSSR count). The van der Waals surface area contributed by atoms with Crippen molar-refractivity contribution in [1.29, 1.82) is 5.26 Å². The predicted octanol–water partition coefficient (Wildman–Crippen LogP) is 3.69. The molecule has 1 heterocycles. The highest BCUT2D eigenvalue weighted by atomic mass is 35.5. The maximum Gasteiger partial charge on any atom is 0.257 e. The summed E-state index contributed by atoms with van der Waals surface area (Å²) in [7, 11) is 0. The van der Waals surface area contributed by atoms with Gasteiger partial charge in [0.1, 0.15) is 12.4 Å². The molecule has 28 heavy (non-hydrogen) atoms. The van der Waals surface area contributed by atoms with Crippen molar-refractivity contribution in [3.63, 3.8) is 0 Å². The fraction of sp³-hybridized carbons (Fsp3) is 0.143. The molecule has 0 aliphatic carbocycles. The molecule has 0 aliphatic heterocycles. The van der Waals surface area contributed by atoms with E-state index in [1.807, 2.05) is 6.07 Å². The lowest BCUT2D eigenvalue weighted by Gasteiger charge is -2.15. The number of aryl methyl sites for hydroxylation is 1. The molecule has 0 spiro atoms. The zero-order valence-electron chi connectivity index (χ0n) is 15.4. The molecule has 2 aromatic carbocycles. The molecule has 0 atom stereocenters. The first kappa shape index (κ1) is 19.3. The Morgan fingerprint density at radius 3 is 2.68 bits per heavy atom. The Kier molecular flexibility index (Phi) is 5.57. The number of hydrogen-bond acceptors (Lipinski definition) is 4. The summed E-state index contributed by atoms with van der Waals surface area (Å²) < 4.78 is 1.33. The minimum atomic E-state index is -0.398. The first-order chi connectivity index (χ1) is 13.4. The summed E-state index contributed by atoms with van der Waals surface area (Å²) in [5.41, 5.74) is 2.35. The smallest absolute Gasteiger partial charge is 0.257 e. The second kappa shape index (κ2) is 8.07. The van der Waals surface area contributed by atoms with Crippen LogP contribution >= 0.6 is 11.6 Å². The van der Waals surface area contributed by atoms with Gasteiger partial charge in [0.05, 0.1) is 11.6 Å². The van der Waals surface area contributed by atoms with Crippen LogP contribution < -0.4 is 10.9 Å². The second-order valence-electron chi connectivity index (χ2n) is 6.29. The Morgan fingerprint density at radius 1 is 1.21 bits per heavy atom. The zero-order valence-corrected chi connectivity index (χ0v) is 16.1. The summed E-state index contributed by atoms with van der Waals surface area (Å²) in [4.78, 5) is 29.9. The summed E-state index contributed by atoms with van der Waals surface area (Å²) in [5, 5.41) is 12.2. The molecule has 1 N–H and O–H groups in total. The quantitative estimate of drug-likeness (QED) is 0.733. The molecule has 7 heteroatoms. The standard InChI is InChI=1S/C21H17ClN4O2/c1-13-14(2)24-20(16-6-4-7-17(22)10-16)26(21(13)28)12-19(27)25-18-8-3-5-15(9-18)11-23/h3-10H,12H2,1-2H3,(H,25,27). The molecule has 0 fully saturated rings. The molecule has 3 aromatic rings. The Hall–Kier alpha value is -3.43. The number of rotatable bonds is 4. The van der Waals surface area contributed by atoms with Gasteiger partial charge in [-0.15, -0.1) is 0 Å². The van der Waals surface area contributed by atoms with Crippen molar-refractivity contribution in [3.8, 4) is 17.5 Å². The van der Waals surface area contributed by atoms with Crippen molar-refractivity contribution in [2.75, 3.05) is 5.32 Å². The fourth-order valence-electron chi connectivity index (χ4n) is 2.76. The van der Waals surface area contributed by atoms with Crippen LogP contribution in [0.25, 0.3) is 11.4 Å². The van der Waals surface area contributed by atoms with E-state index in [4.69, 9.17) is 16.9 Å². The number of anilines is 1. The van der Waals surface area contributed by atoms with Gasteiger partial charge in [-0.05, 0) is 44.2 Å². The average Bonchev–Trinajstić information content (AvgIpc) is 2.68. The van der Waals surface area contributed by atoms with Crippen LogP contribution in [0.5, 0.6) is 0 Å². The number of carbonyl (C=O) groups excluding carboxylic acids is 1. The largest absolute Gasteiger partial charge is 0.324 e. The highest BCUT2D eigenvalue weighted by molar-refractivity contribution is 6.30. The number of aromatic nitrogens is 2. The van der Waals surface area contributed by atoms with Crippen molar-refractivity contribution in [3.05, 3.63) is 80.7 Å². The lowest BCUT2D eigenvalue weighted by Crippen LogP contribution is -2.31. The predicted molar refractivity (Wildman–Crippen MR) is 108 cm³/mol. The van der Waals surface area contributed by atoms with Crippen molar-refractivity contribution >= 4 is 23.2 Å². The molecular formula is C21H17ClN4O2. The minimum absolute atomic E-state index is 0.217. The first-order valence-electron chi connectivity index (χ1n) is 8.53. The van der Waals surface area contributed by atoms with Crippen molar-refractivity contribution < 1.29 is 4.79 Å². The fourth-order valence-corrected chi connectivity index (χ4v) is 2.95. The highest BCUT2D eigenvalue weighted by Crippen LogP contribution is 2.21. The van der Waals surface area contributed by atoms with E-state index in [0.29, 0.717) is 38.9 Å². The second-order valence-corrected chi connectivity index (χ2v) is 6.72. The van der Waals surface area contributed by atoms with Crippen molar-refractivity contribution in [2.45, 2.75) is 20.4 Å². The van der Waals surface area contributed by atoms with Gasteiger partial charge in [0.2, 0.25) is 5.91 Å². The van der Waals surface area contributed by atoms with Gasteiger partial charge in [0.15, 0.2) is 0 Å². The number of benzene rings is 2. The van der Waals surface area contributed by atoms with Gasteiger partial charge in [-0.3, -0.25) is 14.2 Å². The molecule has 0 bridgehead atoms. The molecular weight excluding hydrogens is 376 g/mol. The Bertz CT molecular complexity index is 1160. The maximum atomic E-state index is 12.8. The average molecular weight is 393 g/mol. The Balaban J connectivity index is 1.99. The number of carbonyl (C=O) groups is 1. The van der Waals surface area contributed by atoms with Crippen LogP contribution in [0.15, 0.2) is 53.3 Å². The van der Waals surface area contributed by atoms with Crippen molar-refractivity contribution in [2.24, 2.45) is 0 Å². The summed E-state index contributed by atoms with van der Waals surface area (Å²) >= 11 is 6.08. The van der Waals surface area contributed by atoms with E-state index < -0.39 is 5.91 Å². The van der Waals surface area contributed by atoms with Crippen LogP contribution in [0.2, 0.25) is 5.02 Å². The third-order valence-corrected chi connectivity index (χ3v) is 4.53. The lowest BCUT2D eigenvalue weighted by molar-refractivity contribution is -0.116. The van der Waals surface area contributed by atoms with E-state index in [0.717, 1.165) is 0 Å². The molecule has 0 saturated heterocycles. The SMILES string of the molecule is Cc1nc(-c2cccc(Cl)c2)n(CC(=O)Nc2cccc(C#N)c2)c(=O)c1C. The van der Waals surface area contributed by atoms with Crippen LogP contribution in [0, 0.1) is 25.2 Å². The normalized spacial score (nSPS) is 10.4. The molecule has 6 nitrogen and oxygen atoms in total. The zero-order chi connectivity index (χ0) is 20.3. The number of nitriles is 1. The number of nitrogens with one attached hydrogen (secondary N) is 1. The van der Waals surface area contributed by atoms with E-state index in [1.54, 1.807) is 62.4 Å². The minimum Gasteiger partial charge on any atom is -0.324 e. The third-order valence-electron chi connectivity index (χ3n) is 4.30. The van der Waals surface area contributed by atoms with Gasteiger partial charge in [-0.2, -0.15) is 5.26 Å². The molecule has 140 valence electrons. The Morgan fingerprint density at radius 2 is 1.96 bits per heavy atom. The van der Waals surface area contributed by atoms with Gasteiger partial charge < -0.3 is 5.32 Å². The van der Waals surface area contributed by atoms with Crippen LogP contribution in [-0.2, 0) is 11.3 Å². The van der Waals surface area contributed by atoms with Gasteiger partial charge >= 0.3 is 0 Å². The van der Waals surface area contributed by atoms with Crippen LogP contribution in [-0.4, -0.2) is 15.5 Å². The highest BCUT2D eigenvalue weighted by Gasteiger charge is 2.16. The van der Waals surface area contributed by atoms with E-state index in [2.05, 4.69) is 10.3 Å². The molecule has 0 unspecified atom stereocenters. The molecule has 0 aliphatic rings. The number of amides is 1. The van der Waals surface area contributed by atoms with Gasteiger partial charge in [0, 0.05) is 27.5 Å². The molecule has 0 saturated carbocycles. The van der Waals surface area contributed by atoms with E-state index in [1.165, 1.54) is 4.57 Å². The first-order valence-corrected chi connectivity index (χ1v) is 8.91.